The average molecular weight is 273 g/mol. The molecule has 0 spiro atoms. The molecule has 0 amide bonds. The molecule has 1 N–H and O–H groups in total. The Labute approximate surface area is 106 Å². The number of ether oxygens (including phenoxy) is 1. The largest absolute Gasteiger partial charge is 0.495 e. The lowest BCUT2D eigenvalue weighted by Crippen LogP contribution is -2.28. The first kappa shape index (κ1) is 14.3. The number of carboxylic acids is 1. The van der Waals surface area contributed by atoms with Crippen molar-refractivity contribution in [3.63, 3.8) is 0 Å². The zero-order valence-corrected chi connectivity index (χ0v) is 11.2. The van der Waals surface area contributed by atoms with E-state index in [9.17, 15) is 13.2 Å². The third-order valence-corrected chi connectivity index (χ3v) is 4.31. The highest BCUT2D eigenvalue weighted by atomic mass is 32.2. The molecule has 0 aliphatic rings. The minimum Gasteiger partial charge on any atom is -0.495 e. The van der Waals surface area contributed by atoms with E-state index in [2.05, 4.69) is 0 Å². The summed E-state index contributed by atoms with van der Waals surface area (Å²) in [6, 6.07) is 4.06. The maximum atomic E-state index is 11.8. The van der Waals surface area contributed by atoms with E-state index in [-0.39, 0.29) is 17.0 Å². The molecule has 1 rings (SSSR count). The summed E-state index contributed by atoms with van der Waals surface area (Å²) in [5, 5.41) is 8.91. The predicted molar refractivity (Wildman–Crippen MR) is 67.8 cm³/mol. The van der Waals surface area contributed by atoms with Gasteiger partial charge < -0.3 is 9.84 Å². The van der Waals surface area contributed by atoms with Crippen LogP contribution in [0.15, 0.2) is 18.2 Å². The van der Waals surface area contributed by atoms with Gasteiger partial charge in [-0.1, -0.05) is 0 Å². The third kappa shape index (κ3) is 2.73. The monoisotopic (exact) mass is 273 g/mol. The Morgan fingerprint density at radius 1 is 1.44 bits per heavy atom. The molecule has 100 valence electrons. The van der Waals surface area contributed by atoms with Gasteiger partial charge in [0.1, 0.15) is 5.75 Å². The minimum atomic E-state index is -3.47. The Hall–Kier alpha value is -1.76. The Kier molecular flexibility index (Phi) is 4.18. The molecule has 0 unspecified atom stereocenters. The number of carbonyl (C=O) groups is 1. The van der Waals surface area contributed by atoms with Crippen LogP contribution in [0.2, 0.25) is 0 Å². The lowest BCUT2D eigenvalue weighted by atomic mass is 10.2. The highest BCUT2D eigenvalue weighted by Gasteiger charge is 2.20. The van der Waals surface area contributed by atoms with Crippen LogP contribution in [-0.2, 0) is 10.0 Å². The molecule has 1 aromatic carbocycles. The van der Waals surface area contributed by atoms with Crippen LogP contribution >= 0.6 is 0 Å². The molecule has 7 heteroatoms. The van der Waals surface area contributed by atoms with E-state index >= 15 is 0 Å². The van der Waals surface area contributed by atoms with Crippen molar-refractivity contribution in [1.29, 1.82) is 0 Å². The molecule has 0 fully saturated rings. The summed E-state index contributed by atoms with van der Waals surface area (Å²) in [7, 11) is -0.708. The van der Waals surface area contributed by atoms with Crippen molar-refractivity contribution in [3.8, 4) is 5.75 Å². The number of aromatic carboxylic acids is 1. The number of benzene rings is 1. The van der Waals surface area contributed by atoms with Crippen molar-refractivity contribution in [2.75, 3.05) is 24.2 Å². The SMILES string of the molecule is CCS(=O)(=O)N(C)c1cc(C(=O)O)ccc1OC. The second kappa shape index (κ2) is 5.26. The Balaban J connectivity index is 3.37. The number of rotatable bonds is 5. The van der Waals surface area contributed by atoms with Gasteiger partial charge in [0.25, 0.3) is 0 Å². The fourth-order valence-electron chi connectivity index (χ4n) is 1.41. The second-order valence-electron chi connectivity index (χ2n) is 3.56. The van der Waals surface area contributed by atoms with Crippen LogP contribution in [0.25, 0.3) is 0 Å². The topological polar surface area (TPSA) is 83.9 Å². The van der Waals surface area contributed by atoms with Gasteiger partial charge in [-0.2, -0.15) is 0 Å². The fourth-order valence-corrected chi connectivity index (χ4v) is 2.24. The Morgan fingerprint density at radius 3 is 2.50 bits per heavy atom. The summed E-state index contributed by atoms with van der Waals surface area (Å²) in [4.78, 5) is 10.9. The van der Waals surface area contributed by atoms with Crippen molar-refractivity contribution in [3.05, 3.63) is 23.8 Å². The molecule has 0 saturated carbocycles. The van der Waals surface area contributed by atoms with Crippen molar-refractivity contribution < 1.29 is 23.1 Å². The quantitative estimate of drug-likeness (QED) is 0.870. The minimum absolute atomic E-state index is 0.00366. The number of hydrogen-bond donors (Lipinski definition) is 1. The molecule has 0 atom stereocenters. The van der Waals surface area contributed by atoms with E-state index in [0.717, 1.165) is 4.31 Å². The Morgan fingerprint density at radius 2 is 2.06 bits per heavy atom. The summed E-state index contributed by atoms with van der Waals surface area (Å²) >= 11 is 0. The van der Waals surface area contributed by atoms with Crippen LogP contribution in [0.4, 0.5) is 5.69 Å². The molecule has 0 aromatic heterocycles. The first-order chi connectivity index (χ1) is 8.33. The van der Waals surface area contributed by atoms with E-state index in [1.54, 1.807) is 0 Å². The molecule has 1 aromatic rings. The summed E-state index contributed by atoms with van der Waals surface area (Å²) in [6.07, 6.45) is 0. The predicted octanol–water partition coefficient (Wildman–Crippen LogP) is 1.18. The molecule has 6 nitrogen and oxygen atoms in total. The molecule has 18 heavy (non-hydrogen) atoms. The number of anilines is 1. The summed E-state index contributed by atoms with van der Waals surface area (Å²) in [6.45, 7) is 1.51. The van der Waals surface area contributed by atoms with E-state index in [1.807, 2.05) is 0 Å². The van der Waals surface area contributed by atoms with Crippen molar-refractivity contribution in [2.24, 2.45) is 0 Å². The maximum Gasteiger partial charge on any atom is 0.335 e. The zero-order chi connectivity index (χ0) is 13.9. The highest BCUT2D eigenvalue weighted by Crippen LogP contribution is 2.30. The van der Waals surface area contributed by atoms with E-state index in [4.69, 9.17) is 9.84 Å². The van der Waals surface area contributed by atoms with E-state index in [1.165, 1.54) is 39.3 Å². The standard InChI is InChI=1S/C11H15NO5S/c1-4-18(15,16)12(2)9-7-8(11(13)14)5-6-10(9)17-3/h5-7H,4H2,1-3H3,(H,13,14). The fraction of sp³-hybridized carbons (Fsp3) is 0.364. The van der Waals surface area contributed by atoms with E-state index in [0.29, 0.717) is 5.75 Å². The van der Waals surface area contributed by atoms with Gasteiger partial charge >= 0.3 is 5.97 Å². The van der Waals surface area contributed by atoms with E-state index < -0.39 is 16.0 Å². The van der Waals surface area contributed by atoms with Gasteiger partial charge in [0.2, 0.25) is 10.0 Å². The van der Waals surface area contributed by atoms with Gasteiger partial charge in [0, 0.05) is 7.05 Å². The molecule has 0 bridgehead atoms. The molecular formula is C11H15NO5S. The number of carboxylic acid groups (broad SMARTS) is 1. The molecule has 0 aliphatic heterocycles. The van der Waals surface area contributed by atoms with Crippen LogP contribution in [-0.4, -0.2) is 39.4 Å². The average Bonchev–Trinajstić information content (AvgIpc) is 2.36. The van der Waals surface area contributed by atoms with Crippen molar-refractivity contribution >= 4 is 21.7 Å². The summed E-state index contributed by atoms with van der Waals surface area (Å²) in [5.74, 6) is -0.898. The molecule has 0 saturated heterocycles. The van der Waals surface area contributed by atoms with Crippen LogP contribution in [0.5, 0.6) is 5.75 Å². The number of methoxy groups -OCH3 is 1. The first-order valence-corrected chi connectivity index (χ1v) is 6.82. The van der Waals surface area contributed by atoms with Crippen LogP contribution in [0, 0.1) is 0 Å². The molecular weight excluding hydrogens is 258 g/mol. The van der Waals surface area contributed by atoms with Gasteiger partial charge in [-0.3, -0.25) is 4.31 Å². The van der Waals surface area contributed by atoms with Crippen LogP contribution < -0.4 is 9.04 Å². The molecule has 0 radical (unpaired) electrons. The van der Waals surface area contributed by atoms with Crippen LogP contribution in [0.3, 0.4) is 0 Å². The Bertz CT molecular complexity index is 553. The van der Waals surface area contributed by atoms with Gasteiger partial charge in [-0.25, -0.2) is 13.2 Å². The molecule has 0 heterocycles. The summed E-state index contributed by atoms with van der Waals surface area (Å²) < 4.78 is 29.6. The van der Waals surface area contributed by atoms with Gasteiger partial charge in [-0.15, -0.1) is 0 Å². The lowest BCUT2D eigenvalue weighted by molar-refractivity contribution is 0.0697. The van der Waals surface area contributed by atoms with Gasteiger partial charge in [0.15, 0.2) is 0 Å². The smallest absolute Gasteiger partial charge is 0.335 e. The number of sulfonamides is 1. The molecule has 0 aliphatic carbocycles. The van der Waals surface area contributed by atoms with Crippen LogP contribution in [0.1, 0.15) is 17.3 Å². The van der Waals surface area contributed by atoms with Gasteiger partial charge in [0.05, 0.1) is 24.1 Å². The highest BCUT2D eigenvalue weighted by molar-refractivity contribution is 7.92. The normalized spacial score (nSPS) is 11.1. The second-order valence-corrected chi connectivity index (χ2v) is 5.85. The van der Waals surface area contributed by atoms with Crippen molar-refractivity contribution in [2.45, 2.75) is 6.92 Å². The van der Waals surface area contributed by atoms with Crippen molar-refractivity contribution in [1.82, 2.24) is 0 Å². The third-order valence-electron chi connectivity index (χ3n) is 2.55. The van der Waals surface area contributed by atoms with Gasteiger partial charge in [-0.05, 0) is 25.1 Å². The number of hydrogen-bond acceptors (Lipinski definition) is 4. The number of nitrogens with zero attached hydrogens (tertiary/aromatic N) is 1. The maximum absolute atomic E-state index is 11.8. The first-order valence-electron chi connectivity index (χ1n) is 5.21. The summed E-state index contributed by atoms with van der Waals surface area (Å²) in [5.41, 5.74) is 0.211. The zero-order valence-electron chi connectivity index (χ0n) is 10.4. The lowest BCUT2D eigenvalue weighted by Gasteiger charge is -2.21.